The van der Waals surface area contributed by atoms with Gasteiger partial charge in [0.15, 0.2) is 0 Å². The number of benzene rings is 1. The number of nitrogens with zero attached hydrogens (tertiary/aromatic N) is 2. The van der Waals surface area contributed by atoms with E-state index in [1.165, 1.54) is 0 Å². The van der Waals surface area contributed by atoms with Gasteiger partial charge in [0.25, 0.3) is 0 Å². The second-order valence-electron chi connectivity index (χ2n) is 4.79. The molecule has 1 saturated heterocycles. The summed E-state index contributed by atoms with van der Waals surface area (Å²) in [4.78, 5) is 13.5. The highest BCUT2D eigenvalue weighted by Gasteiger charge is 2.33. The monoisotopic (exact) mass is 245 g/mol. The zero-order chi connectivity index (χ0) is 13.2. The van der Waals surface area contributed by atoms with Gasteiger partial charge >= 0.3 is 6.03 Å². The van der Waals surface area contributed by atoms with Gasteiger partial charge < -0.3 is 15.3 Å². The Kier molecular flexibility index (Phi) is 3.21. The van der Waals surface area contributed by atoms with Gasteiger partial charge in [-0.3, -0.25) is 0 Å². The number of aliphatic hydroxyl groups is 1. The molecule has 1 atom stereocenters. The van der Waals surface area contributed by atoms with Crippen LogP contribution in [0.3, 0.4) is 0 Å². The summed E-state index contributed by atoms with van der Waals surface area (Å²) in [6.45, 7) is 2.62. The molecule has 1 unspecified atom stereocenters. The fourth-order valence-electron chi connectivity index (χ4n) is 1.95. The Morgan fingerprint density at radius 2 is 2.17 bits per heavy atom. The van der Waals surface area contributed by atoms with E-state index in [0.29, 0.717) is 30.8 Å². The molecule has 1 heterocycles. The molecule has 94 valence electrons. The van der Waals surface area contributed by atoms with Crippen molar-refractivity contribution >= 4 is 11.7 Å². The molecule has 1 aliphatic rings. The summed E-state index contributed by atoms with van der Waals surface area (Å²) >= 11 is 0. The molecule has 0 aromatic heterocycles. The first-order chi connectivity index (χ1) is 8.50. The number of hydrogen-bond donors (Lipinski definition) is 2. The van der Waals surface area contributed by atoms with E-state index in [9.17, 15) is 9.90 Å². The lowest BCUT2D eigenvalue weighted by atomic mass is 10.1. The van der Waals surface area contributed by atoms with Gasteiger partial charge in [-0.15, -0.1) is 0 Å². The summed E-state index contributed by atoms with van der Waals surface area (Å²) < 4.78 is 0. The first-order valence-corrected chi connectivity index (χ1v) is 5.79. The minimum atomic E-state index is -0.790. The molecule has 1 aromatic carbocycles. The summed E-state index contributed by atoms with van der Waals surface area (Å²) in [5.74, 6) is 0. The van der Waals surface area contributed by atoms with Gasteiger partial charge in [0.05, 0.1) is 23.8 Å². The van der Waals surface area contributed by atoms with Crippen LogP contribution in [0.5, 0.6) is 0 Å². The molecule has 0 saturated carbocycles. The van der Waals surface area contributed by atoms with E-state index in [4.69, 9.17) is 5.26 Å². The summed E-state index contributed by atoms with van der Waals surface area (Å²) in [5, 5.41) is 21.2. The molecule has 0 bridgehead atoms. The second kappa shape index (κ2) is 4.67. The molecule has 0 radical (unpaired) electrons. The van der Waals surface area contributed by atoms with Crippen LogP contribution < -0.4 is 5.32 Å². The molecule has 1 aliphatic heterocycles. The molecule has 2 amide bonds. The van der Waals surface area contributed by atoms with Crippen molar-refractivity contribution in [3.05, 3.63) is 29.8 Å². The van der Waals surface area contributed by atoms with Crippen LogP contribution >= 0.6 is 0 Å². The van der Waals surface area contributed by atoms with Crippen molar-refractivity contribution in [3.8, 4) is 6.07 Å². The van der Waals surface area contributed by atoms with Crippen molar-refractivity contribution in [2.75, 3.05) is 18.4 Å². The van der Waals surface area contributed by atoms with Gasteiger partial charge in [0.1, 0.15) is 0 Å². The smallest absolute Gasteiger partial charge is 0.321 e. The van der Waals surface area contributed by atoms with E-state index in [2.05, 4.69) is 5.32 Å². The number of carbonyl (C=O) groups is 1. The average Bonchev–Trinajstić information content (AvgIpc) is 2.71. The van der Waals surface area contributed by atoms with E-state index in [1.807, 2.05) is 6.07 Å². The Morgan fingerprint density at radius 3 is 2.67 bits per heavy atom. The number of anilines is 1. The van der Waals surface area contributed by atoms with Crippen molar-refractivity contribution in [2.45, 2.75) is 18.9 Å². The number of β-amino-alcohol motifs (C(OH)–C–C–N with tert-alkyl or cyclic N) is 1. The fraction of sp³-hybridized carbons (Fsp3) is 0.385. The lowest BCUT2D eigenvalue weighted by Gasteiger charge is -2.19. The van der Waals surface area contributed by atoms with E-state index >= 15 is 0 Å². The molecule has 1 fully saturated rings. The van der Waals surface area contributed by atoms with Crippen LogP contribution in [0.4, 0.5) is 10.5 Å². The average molecular weight is 245 g/mol. The Bertz CT molecular complexity index is 488. The van der Waals surface area contributed by atoms with Crippen LogP contribution in [0.2, 0.25) is 0 Å². The van der Waals surface area contributed by atoms with Gasteiger partial charge in [-0.05, 0) is 37.6 Å². The predicted molar refractivity (Wildman–Crippen MR) is 67.0 cm³/mol. The van der Waals surface area contributed by atoms with Gasteiger partial charge in [-0.2, -0.15) is 5.26 Å². The summed E-state index contributed by atoms with van der Waals surface area (Å²) in [7, 11) is 0. The number of urea groups is 1. The Morgan fingerprint density at radius 1 is 1.50 bits per heavy atom. The number of hydrogen-bond acceptors (Lipinski definition) is 3. The number of nitriles is 1. The highest BCUT2D eigenvalue weighted by Crippen LogP contribution is 2.21. The maximum absolute atomic E-state index is 11.9. The number of likely N-dealkylation sites (tertiary alicyclic amines) is 1. The molecular formula is C13H15N3O2. The number of nitrogens with one attached hydrogen (secondary N) is 1. The van der Waals surface area contributed by atoms with Gasteiger partial charge in [0.2, 0.25) is 0 Å². The molecule has 0 spiro atoms. The summed E-state index contributed by atoms with van der Waals surface area (Å²) in [6, 6.07) is 8.46. The number of amides is 2. The van der Waals surface area contributed by atoms with E-state index in [-0.39, 0.29) is 6.03 Å². The van der Waals surface area contributed by atoms with Crippen molar-refractivity contribution in [2.24, 2.45) is 0 Å². The maximum Gasteiger partial charge on any atom is 0.321 e. The SMILES string of the molecule is CC1(O)CCN(C(=O)Nc2ccc(C#N)cc2)C1. The fourth-order valence-corrected chi connectivity index (χ4v) is 1.95. The molecular weight excluding hydrogens is 230 g/mol. The molecule has 5 nitrogen and oxygen atoms in total. The molecule has 2 N–H and O–H groups in total. The minimum absolute atomic E-state index is 0.225. The standard InChI is InChI=1S/C13H15N3O2/c1-13(18)6-7-16(9-13)12(17)15-11-4-2-10(8-14)3-5-11/h2-5,18H,6-7,9H2,1H3,(H,15,17). The zero-order valence-electron chi connectivity index (χ0n) is 10.2. The lowest BCUT2D eigenvalue weighted by molar-refractivity contribution is 0.0727. The van der Waals surface area contributed by atoms with Gasteiger partial charge in [0, 0.05) is 12.2 Å². The van der Waals surface area contributed by atoms with E-state index in [1.54, 1.807) is 36.1 Å². The van der Waals surface area contributed by atoms with Crippen molar-refractivity contribution < 1.29 is 9.90 Å². The van der Waals surface area contributed by atoms with Crippen molar-refractivity contribution in [1.82, 2.24) is 4.90 Å². The van der Waals surface area contributed by atoms with Crippen LogP contribution in [-0.2, 0) is 0 Å². The van der Waals surface area contributed by atoms with E-state index in [0.717, 1.165) is 0 Å². The third-order valence-electron chi connectivity index (χ3n) is 3.00. The molecule has 1 aromatic rings. The minimum Gasteiger partial charge on any atom is -0.388 e. The largest absolute Gasteiger partial charge is 0.388 e. The predicted octanol–water partition coefficient (Wildman–Crippen LogP) is 1.55. The normalized spacial score (nSPS) is 22.6. The molecule has 2 rings (SSSR count). The highest BCUT2D eigenvalue weighted by atomic mass is 16.3. The Labute approximate surface area is 106 Å². The first-order valence-electron chi connectivity index (χ1n) is 5.79. The van der Waals surface area contributed by atoms with Crippen LogP contribution in [-0.4, -0.2) is 34.7 Å². The Hall–Kier alpha value is -2.06. The third kappa shape index (κ3) is 2.79. The van der Waals surface area contributed by atoms with Crippen LogP contribution in [0.1, 0.15) is 18.9 Å². The summed E-state index contributed by atoms with van der Waals surface area (Å²) in [6.07, 6.45) is 0.591. The Balaban J connectivity index is 1.97. The molecule has 18 heavy (non-hydrogen) atoms. The van der Waals surface area contributed by atoms with Crippen molar-refractivity contribution in [1.29, 1.82) is 5.26 Å². The third-order valence-corrected chi connectivity index (χ3v) is 3.00. The maximum atomic E-state index is 11.9. The second-order valence-corrected chi connectivity index (χ2v) is 4.79. The quantitative estimate of drug-likeness (QED) is 0.788. The van der Waals surface area contributed by atoms with Crippen LogP contribution in [0.15, 0.2) is 24.3 Å². The van der Waals surface area contributed by atoms with Crippen LogP contribution in [0, 0.1) is 11.3 Å². The van der Waals surface area contributed by atoms with Crippen LogP contribution in [0.25, 0.3) is 0 Å². The molecule has 0 aliphatic carbocycles. The van der Waals surface area contributed by atoms with Gasteiger partial charge in [-0.25, -0.2) is 4.79 Å². The molecule has 5 heteroatoms. The highest BCUT2D eigenvalue weighted by molar-refractivity contribution is 5.89. The van der Waals surface area contributed by atoms with Crippen molar-refractivity contribution in [3.63, 3.8) is 0 Å². The zero-order valence-corrected chi connectivity index (χ0v) is 10.2. The van der Waals surface area contributed by atoms with E-state index < -0.39 is 5.60 Å². The van der Waals surface area contributed by atoms with Gasteiger partial charge in [-0.1, -0.05) is 0 Å². The first kappa shape index (κ1) is 12.4. The lowest BCUT2D eigenvalue weighted by Crippen LogP contribution is -2.36. The number of carbonyl (C=O) groups excluding carboxylic acids is 1. The summed E-state index contributed by atoms with van der Waals surface area (Å²) in [5.41, 5.74) is 0.407. The number of rotatable bonds is 1. The topological polar surface area (TPSA) is 76.4 Å².